The molecule has 0 radical (unpaired) electrons. The summed E-state index contributed by atoms with van der Waals surface area (Å²) in [5.74, 6) is 0.201. The van der Waals surface area contributed by atoms with Crippen LogP contribution >= 0.6 is 27.3 Å². The standard InChI is InChI=1S/C12H10BrNO4S/c13-12-4-2-9(19-12)7-18-11-3-1-8(6-15)5-10(11)14(16)17/h1-5,15H,6-7H2. The number of rotatable bonds is 5. The van der Waals surface area contributed by atoms with Crippen LogP contribution in [-0.4, -0.2) is 10.0 Å². The van der Waals surface area contributed by atoms with Crippen molar-refractivity contribution in [2.24, 2.45) is 0 Å². The monoisotopic (exact) mass is 343 g/mol. The summed E-state index contributed by atoms with van der Waals surface area (Å²) in [5.41, 5.74) is 0.347. The van der Waals surface area contributed by atoms with Crippen molar-refractivity contribution in [3.8, 4) is 5.75 Å². The molecule has 0 aliphatic heterocycles. The van der Waals surface area contributed by atoms with Gasteiger partial charge in [0.15, 0.2) is 5.75 Å². The van der Waals surface area contributed by atoms with Crippen molar-refractivity contribution < 1.29 is 14.8 Å². The first-order valence-corrected chi connectivity index (χ1v) is 6.96. The smallest absolute Gasteiger partial charge is 0.311 e. The summed E-state index contributed by atoms with van der Waals surface area (Å²) < 4.78 is 6.45. The molecule has 0 aliphatic carbocycles. The summed E-state index contributed by atoms with van der Waals surface area (Å²) >= 11 is 4.85. The first-order valence-electron chi connectivity index (χ1n) is 5.35. The Bertz CT molecular complexity index is 599. The van der Waals surface area contributed by atoms with Gasteiger partial charge in [0.2, 0.25) is 0 Å². The number of nitrogens with zero attached hydrogens (tertiary/aromatic N) is 1. The van der Waals surface area contributed by atoms with Gasteiger partial charge < -0.3 is 9.84 Å². The minimum atomic E-state index is -0.515. The van der Waals surface area contributed by atoms with E-state index in [4.69, 9.17) is 9.84 Å². The Kier molecular flexibility index (Phi) is 4.52. The molecule has 5 nitrogen and oxygen atoms in total. The Labute approximate surface area is 121 Å². The highest BCUT2D eigenvalue weighted by molar-refractivity contribution is 9.11. The molecule has 1 heterocycles. The number of benzene rings is 1. The van der Waals surface area contributed by atoms with E-state index in [0.29, 0.717) is 5.56 Å². The summed E-state index contributed by atoms with van der Waals surface area (Å²) in [6.07, 6.45) is 0. The third-order valence-electron chi connectivity index (χ3n) is 2.40. The molecule has 0 amide bonds. The Hall–Kier alpha value is -1.44. The lowest BCUT2D eigenvalue weighted by atomic mass is 10.2. The molecule has 0 unspecified atom stereocenters. The quantitative estimate of drug-likeness (QED) is 0.666. The molecular formula is C12H10BrNO4S. The molecule has 0 saturated carbocycles. The number of nitro benzene ring substituents is 1. The average Bonchev–Trinajstić information content (AvgIpc) is 2.82. The highest BCUT2D eigenvalue weighted by atomic mass is 79.9. The van der Waals surface area contributed by atoms with E-state index in [0.717, 1.165) is 8.66 Å². The van der Waals surface area contributed by atoms with Crippen LogP contribution in [0.3, 0.4) is 0 Å². The lowest BCUT2D eigenvalue weighted by Crippen LogP contribution is -1.99. The molecule has 19 heavy (non-hydrogen) atoms. The number of aliphatic hydroxyl groups is 1. The van der Waals surface area contributed by atoms with E-state index >= 15 is 0 Å². The van der Waals surface area contributed by atoms with E-state index in [1.54, 1.807) is 6.07 Å². The Balaban J connectivity index is 2.17. The van der Waals surface area contributed by atoms with Crippen molar-refractivity contribution in [2.45, 2.75) is 13.2 Å². The van der Waals surface area contributed by atoms with Crippen LogP contribution in [0.5, 0.6) is 5.75 Å². The van der Waals surface area contributed by atoms with E-state index in [-0.39, 0.29) is 24.7 Å². The number of thiophene rings is 1. The highest BCUT2D eigenvalue weighted by Crippen LogP contribution is 2.30. The second kappa shape index (κ2) is 6.14. The lowest BCUT2D eigenvalue weighted by Gasteiger charge is -2.06. The maximum absolute atomic E-state index is 10.9. The van der Waals surface area contributed by atoms with Crippen LogP contribution in [0, 0.1) is 10.1 Å². The maximum atomic E-state index is 10.9. The van der Waals surface area contributed by atoms with Crippen molar-refractivity contribution in [2.75, 3.05) is 0 Å². The molecule has 0 fully saturated rings. The van der Waals surface area contributed by atoms with E-state index in [2.05, 4.69) is 15.9 Å². The van der Waals surface area contributed by atoms with Crippen molar-refractivity contribution in [1.82, 2.24) is 0 Å². The second-order valence-electron chi connectivity index (χ2n) is 3.71. The summed E-state index contributed by atoms with van der Waals surface area (Å²) in [5, 5.41) is 19.9. The minimum Gasteiger partial charge on any atom is -0.481 e. The molecular weight excluding hydrogens is 334 g/mol. The van der Waals surface area contributed by atoms with Crippen LogP contribution in [-0.2, 0) is 13.2 Å². The maximum Gasteiger partial charge on any atom is 0.311 e. The zero-order chi connectivity index (χ0) is 13.8. The fourth-order valence-corrected chi connectivity index (χ4v) is 2.90. The van der Waals surface area contributed by atoms with Crippen LogP contribution in [0.1, 0.15) is 10.4 Å². The molecule has 0 atom stereocenters. The summed E-state index contributed by atoms with van der Waals surface area (Å²) in [6.45, 7) is 0.0363. The van der Waals surface area contributed by atoms with Gasteiger partial charge in [-0.05, 0) is 39.7 Å². The Morgan fingerprint density at radius 2 is 2.16 bits per heavy atom. The van der Waals surface area contributed by atoms with Gasteiger partial charge in [-0.3, -0.25) is 10.1 Å². The van der Waals surface area contributed by atoms with Gasteiger partial charge in [-0.15, -0.1) is 11.3 Å². The largest absolute Gasteiger partial charge is 0.481 e. The van der Waals surface area contributed by atoms with Gasteiger partial charge in [0.25, 0.3) is 0 Å². The molecule has 2 rings (SSSR count). The summed E-state index contributed by atoms with van der Waals surface area (Å²) in [6, 6.07) is 8.22. The Morgan fingerprint density at radius 3 is 2.74 bits per heavy atom. The molecule has 0 spiro atoms. The van der Waals surface area contributed by atoms with Crippen molar-refractivity contribution in [3.05, 3.63) is 54.7 Å². The van der Waals surface area contributed by atoms with Crippen LogP contribution in [0.15, 0.2) is 34.1 Å². The zero-order valence-electron chi connectivity index (χ0n) is 9.71. The molecule has 0 aliphatic rings. The fraction of sp³-hybridized carbons (Fsp3) is 0.167. The van der Waals surface area contributed by atoms with Gasteiger partial charge in [0, 0.05) is 10.9 Å². The van der Waals surface area contributed by atoms with Crippen molar-refractivity contribution in [3.63, 3.8) is 0 Å². The molecule has 0 saturated heterocycles. The average molecular weight is 344 g/mol. The number of aliphatic hydroxyl groups excluding tert-OH is 1. The minimum absolute atomic E-state index is 0.137. The van der Waals surface area contributed by atoms with E-state index in [9.17, 15) is 10.1 Å². The van der Waals surface area contributed by atoms with E-state index < -0.39 is 4.92 Å². The summed E-state index contributed by atoms with van der Waals surface area (Å²) in [4.78, 5) is 11.4. The van der Waals surface area contributed by atoms with Gasteiger partial charge in [0.1, 0.15) is 6.61 Å². The molecule has 1 aromatic heterocycles. The highest BCUT2D eigenvalue weighted by Gasteiger charge is 2.16. The topological polar surface area (TPSA) is 72.6 Å². The first kappa shape index (κ1) is 14.0. The predicted molar refractivity (Wildman–Crippen MR) is 75.4 cm³/mol. The van der Waals surface area contributed by atoms with Gasteiger partial charge in [-0.25, -0.2) is 0 Å². The zero-order valence-corrected chi connectivity index (χ0v) is 12.1. The van der Waals surface area contributed by atoms with Gasteiger partial charge in [-0.1, -0.05) is 6.07 Å². The number of nitro groups is 1. The first-order chi connectivity index (χ1) is 9.10. The molecule has 7 heteroatoms. The van der Waals surface area contributed by atoms with E-state index in [1.807, 2.05) is 12.1 Å². The van der Waals surface area contributed by atoms with Gasteiger partial charge in [0.05, 0.1) is 15.3 Å². The third kappa shape index (κ3) is 3.52. The number of ether oxygens (including phenoxy) is 1. The van der Waals surface area contributed by atoms with Crippen LogP contribution in [0.4, 0.5) is 5.69 Å². The Morgan fingerprint density at radius 1 is 1.37 bits per heavy atom. The lowest BCUT2D eigenvalue weighted by molar-refractivity contribution is -0.386. The second-order valence-corrected chi connectivity index (χ2v) is 6.26. The molecule has 2 aromatic rings. The van der Waals surface area contributed by atoms with Gasteiger partial charge >= 0.3 is 5.69 Å². The number of hydrogen-bond donors (Lipinski definition) is 1. The molecule has 100 valence electrons. The third-order valence-corrected chi connectivity index (χ3v) is 4.00. The van der Waals surface area contributed by atoms with Gasteiger partial charge in [-0.2, -0.15) is 0 Å². The summed E-state index contributed by atoms with van der Waals surface area (Å²) in [7, 11) is 0. The predicted octanol–water partition coefficient (Wildman–Crippen LogP) is 3.49. The van der Waals surface area contributed by atoms with Crippen LogP contribution in [0.25, 0.3) is 0 Å². The normalized spacial score (nSPS) is 10.4. The van der Waals surface area contributed by atoms with Crippen LogP contribution in [0.2, 0.25) is 0 Å². The van der Waals surface area contributed by atoms with E-state index in [1.165, 1.54) is 23.5 Å². The number of halogens is 1. The molecule has 1 aromatic carbocycles. The van der Waals surface area contributed by atoms with Crippen molar-refractivity contribution >= 4 is 33.0 Å². The number of hydrogen-bond acceptors (Lipinski definition) is 5. The van der Waals surface area contributed by atoms with Crippen LogP contribution < -0.4 is 4.74 Å². The molecule has 0 bridgehead atoms. The molecule has 1 N–H and O–H groups in total. The fourth-order valence-electron chi connectivity index (χ4n) is 1.50. The van der Waals surface area contributed by atoms with Crippen molar-refractivity contribution in [1.29, 1.82) is 0 Å². The SMILES string of the molecule is O=[N+]([O-])c1cc(CO)ccc1OCc1ccc(Br)s1.